The number of benzene rings is 1. The Balaban J connectivity index is 2.12. The van der Waals surface area contributed by atoms with E-state index in [-0.39, 0.29) is 25.4 Å². The first kappa shape index (κ1) is 14.7. The lowest BCUT2D eigenvalue weighted by Crippen LogP contribution is -2.26. The van der Waals surface area contributed by atoms with Crippen molar-refractivity contribution in [1.82, 2.24) is 4.90 Å². The van der Waals surface area contributed by atoms with Crippen LogP contribution in [0.1, 0.15) is 12.0 Å². The summed E-state index contributed by atoms with van der Waals surface area (Å²) in [5.41, 5.74) is 0.793. The highest BCUT2D eigenvalue weighted by atomic mass is 79.9. The van der Waals surface area contributed by atoms with Crippen LogP contribution in [0.3, 0.4) is 0 Å². The van der Waals surface area contributed by atoms with Gasteiger partial charge in [0, 0.05) is 24.0 Å². The Morgan fingerprint density at radius 2 is 2.16 bits per heavy atom. The van der Waals surface area contributed by atoms with Crippen LogP contribution < -0.4 is 0 Å². The monoisotopic (exact) mass is 369 g/mol. The van der Waals surface area contributed by atoms with Gasteiger partial charge in [-0.3, -0.25) is 4.79 Å². The van der Waals surface area contributed by atoms with Crippen LogP contribution in [0, 0.1) is 0 Å². The summed E-state index contributed by atoms with van der Waals surface area (Å²) in [6.45, 7) is 0.124. The molecule has 0 aliphatic carbocycles. The first-order chi connectivity index (χ1) is 8.77. The minimum Gasteiger partial charge on any atom is -0.337 e. The van der Waals surface area contributed by atoms with Crippen LogP contribution in [0.2, 0.25) is 5.02 Å². The minimum absolute atomic E-state index is 0.113. The number of hydrogen-bond acceptors (Lipinski definition) is 3. The summed E-state index contributed by atoms with van der Waals surface area (Å²) < 4.78 is 35.2. The van der Waals surface area contributed by atoms with Gasteiger partial charge in [-0.25, -0.2) is 0 Å². The van der Waals surface area contributed by atoms with E-state index in [2.05, 4.69) is 15.9 Å². The summed E-state index contributed by atoms with van der Waals surface area (Å²) in [6, 6.07) is 5.15. The molecule has 0 aromatic heterocycles. The molecule has 1 saturated heterocycles. The Kier molecular flexibility index (Phi) is 4.17. The zero-order chi connectivity index (χ0) is 14.2. The molecule has 2 rings (SSSR count). The summed E-state index contributed by atoms with van der Waals surface area (Å²) in [6.07, 6.45) is -0.298. The predicted octanol–water partition coefficient (Wildman–Crippen LogP) is 2.50. The number of likely N-dealkylation sites (tertiary alicyclic amines) is 1. The molecule has 1 unspecified atom stereocenters. The Morgan fingerprint density at radius 3 is 2.68 bits per heavy atom. The Bertz CT molecular complexity index is 622. The van der Waals surface area contributed by atoms with E-state index in [9.17, 15) is 17.1 Å². The van der Waals surface area contributed by atoms with Gasteiger partial charge in [-0.05, 0) is 33.6 Å². The Labute approximate surface area is 123 Å². The summed E-state index contributed by atoms with van der Waals surface area (Å²) in [7, 11) is -4.67. The van der Waals surface area contributed by atoms with Crippen molar-refractivity contribution in [1.29, 1.82) is 0 Å². The normalized spacial score (nSPS) is 20.1. The van der Waals surface area contributed by atoms with Gasteiger partial charge in [0.05, 0.1) is 5.02 Å². The Morgan fingerprint density at radius 1 is 1.47 bits per heavy atom. The minimum atomic E-state index is -4.67. The van der Waals surface area contributed by atoms with Gasteiger partial charge >= 0.3 is 10.2 Å². The van der Waals surface area contributed by atoms with Crippen molar-refractivity contribution < 1.29 is 17.1 Å². The molecule has 0 radical (unpaired) electrons. The van der Waals surface area contributed by atoms with Gasteiger partial charge in [-0.2, -0.15) is 8.42 Å². The molecule has 104 valence electrons. The third kappa shape index (κ3) is 3.46. The summed E-state index contributed by atoms with van der Waals surface area (Å²) in [5, 5.41) is -0.712. The van der Waals surface area contributed by atoms with Gasteiger partial charge in [-0.15, -0.1) is 3.89 Å². The average Bonchev–Trinajstić information content (AvgIpc) is 2.65. The highest BCUT2D eigenvalue weighted by Gasteiger charge is 2.38. The first-order valence-corrected chi connectivity index (χ1v) is 8.04. The van der Waals surface area contributed by atoms with Crippen LogP contribution >= 0.6 is 27.5 Å². The van der Waals surface area contributed by atoms with E-state index >= 15 is 0 Å². The highest BCUT2D eigenvalue weighted by molar-refractivity contribution is 9.10. The molecule has 0 bridgehead atoms. The first-order valence-electron chi connectivity index (χ1n) is 5.42. The lowest BCUT2D eigenvalue weighted by Gasteiger charge is -2.16. The fourth-order valence-electron chi connectivity index (χ4n) is 1.94. The van der Waals surface area contributed by atoms with Crippen molar-refractivity contribution in [2.75, 3.05) is 6.54 Å². The van der Waals surface area contributed by atoms with E-state index in [1.54, 1.807) is 18.2 Å². The summed E-state index contributed by atoms with van der Waals surface area (Å²) in [5.74, 6) is -0.364. The number of rotatable bonds is 3. The molecular formula is C11H10BrClFNO3S. The maximum Gasteiger partial charge on any atom is 0.307 e. The van der Waals surface area contributed by atoms with Crippen molar-refractivity contribution in [3.63, 3.8) is 0 Å². The molecule has 1 fully saturated rings. The second kappa shape index (κ2) is 5.38. The molecule has 1 aromatic rings. The number of hydrogen-bond donors (Lipinski definition) is 0. The van der Waals surface area contributed by atoms with E-state index in [1.165, 1.54) is 4.90 Å². The molecule has 4 nitrogen and oxygen atoms in total. The topological polar surface area (TPSA) is 54.5 Å². The van der Waals surface area contributed by atoms with E-state index in [0.717, 1.165) is 5.56 Å². The number of carbonyl (C=O) groups is 1. The molecule has 8 heteroatoms. The Hall–Kier alpha value is -0.660. The van der Waals surface area contributed by atoms with Crippen LogP contribution in [0.15, 0.2) is 22.7 Å². The van der Waals surface area contributed by atoms with Gasteiger partial charge in [0.2, 0.25) is 5.91 Å². The van der Waals surface area contributed by atoms with Crippen LogP contribution in [0.4, 0.5) is 3.89 Å². The molecule has 1 atom stereocenters. The van der Waals surface area contributed by atoms with Crippen molar-refractivity contribution in [3.05, 3.63) is 33.3 Å². The predicted molar refractivity (Wildman–Crippen MR) is 73.0 cm³/mol. The molecule has 19 heavy (non-hydrogen) atoms. The third-order valence-corrected chi connectivity index (χ3v) is 5.26. The van der Waals surface area contributed by atoms with Crippen LogP contribution in [0.5, 0.6) is 0 Å². The molecule has 1 aliphatic rings. The third-order valence-electron chi connectivity index (χ3n) is 2.93. The lowest BCUT2D eigenvalue weighted by molar-refractivity contribution is -0.128. The molecule has 1 heterocycles. The molecule has 0 N–H and O–H groups in total. The molecule has 1 aromatic carbocycles. The fraction of sp³-hybridized carbons (Fsp3) is 0.364. The van der Waals surface area contributed by atoms with Crippen molar-refractivity contribution >= 4 is 43.7 Å². The zero-order valence-corrected chi connectivity index (χ0v) is 12.8. The zero-order valence-electron chi connectivity index (χ0n) is 9.64. The number of carbonyl (C=O) groups excluding carboxylic acids is 1. The molecule has 1 aliphatic heterocycles. The summed E-state index contributed by atoms with van der Waals surface area (Å²) in [4.78, 5) is 13.0. The van der Waals surface area contributed by atoms with Gasteiger partial charge in [-0.1, -0.05) is 17.7 Å². The molecule has 0 spiro atoms. The smallest absolute Gasteiger partial charge is 0.307 e. The maximum atomic E-state index is 12.9. The van der Waals surface area contributed by atoms with Crippen molar-refractivity contribution in [2.45, 2.75) is 18.2 Å². The van der Waals surface area contributed by atoms with Crippen LogP contribution in [0.25, 0.3) is 0 Å². The van der Waals surface area contributed by atoms with Crippen LogP contribution in [-0.4, -0.2) is 31.0 Å². The number of halogens is 3. The van der Waals surface area contributed by atoms with Crippen molar-refractivity contribution in [2.24, 2.45) is 0 Å². The van der Waals surface area contributed by atoms with E-state index in [1.807, 2.05) is 0 Å². The molecular weight excluding hydrogens is 361 g/mol. The van der Waals surface area contributed by atoms with Gasteiger partial charge in [0.1, 0.15) is 5.25 Å². The van der Waals surface area contributed by atoms with Crippen LogP contribution in [-0.2, 0) is 21.6 Å². The van der Waals surface area contributed by atoms with E-state index in [4.69, 9.17) is 11.6 Å². The average molecular weight is 371 g/mol. The van der Waals surface area contributed by atoms with Gasteiger partial charge in [0.15, 0.2) is 0 Å². The largest absolute Gasteiger partial charge is 0.337 e. The van der Waals surface area contributed by atoms with Crippen molar-refractivity contribution in [3.8, 4) is 0 Å². The molecule has 0 saturated carbocycles. The quantitative estimate of drug-likeness (QED) is 0.768. The lowest BCUT2D eigenvalue weighted by atomic mass is 10.2. The summed E-state index contributed by atoms with van der Waals surface area (Å²) >= 11 is 9.12. The second-order valence-electron chi connectivity index (χ2n) is 4.32. The van der Waals surface area contributed by atoms with E-state index in [0.29, 0.717) is 9.50 Å². The second-order valence-corrected chi connectivity index (χ2v) is 7.20. The van der Waals surface area contributed by atoms with Gasteiger partial charge < -0.3 is 4.90 Å². The number of amides is 1. The molecule has 1 amide bonds. The van der Waals surface area contributed by atoms with E-state index < -0.39 is 15.5 Å². The number of nitrogens with zero attached hydrogens (tertiary/aromatic N) is 1. The maximum absolute atomic E-state index is 12.9. The fourth-order valence-corrected chi connectivity index (χ4v) is 3.18. The highest BCUT2D eigenvalue weighted by Crippen LogP contribution is 2.26. The standard InChI is InChI=1S/C11H10BrClFNO3S/c12-9-3-7(1-2-10(9)13)5-15-6-8(4-11(15)16)19(14,17)18/h1-3,8H,4-6H2. The SMILES string of the molecule is O=C1CC(S(=O)(=O)F)CN1Cc1ccc(Cl)c(Br)c1. The van der Waals surface area contributed by atoms with Gasteiger partial charge in [0.25, 0.3) is 0 Å².